The van der Waals surface area contributed by atoms with Crippen LogP contribution in [0, 0.1) is 5.92 Å². The molecule has 1 aliphatic carbocycles. The first kappa shape index (κ1) is 36.5. The summed E-state index contributed by atoms with van der Waals surface area (Å²) in [5, 5.41) is 10.3. The fourth-order valence-electron chi connectivity index (χ4n) is 8.57. The Morgan fingerprint density at radius 3 is 2.56 bits per heavy atom. The van der Waals surface area contributed by atoms with Crippen molar-refractivity contribution < 1.29 is 31.9 Å². The number of pyridine rings is 2. The van der Waals surface area contributed by atoms with E-state index >= 15 is 8.78 Å². The fraction of sp³-hybridized carbons (Fsp3) is 0.447. The van der Waals surface area contributed by atoms with E-state index in [1.807, 2.05) is 15.8 Å². The highest BCUT2D eigenvalue weighted by Crippen LogP contribution is 2.44. The molecule has 5 aromatic rings. The first-order valence-corrected chi connectivity index (χ1v) is 18.4. The van der Waals surface area contributed by atoms with Gasteiger partial charge >= 0.3 is 5.69 Å². The van der Waals surface area contributed by atoms with Gasteiger partial charge in [-0.2, -0.15) is 5.10 Å². The molecule has 2 aliphatic heterocycles. The molecule has 2 atom stereocenters. The highest BCUT2D eigenvalue weighted by Gasteiger charge is 2.47. The molecule has 3 fully saturated rings. The number of fused-ring (bicyclic) bond motifs is 2. The van der Waals surface area contributed by atoms with Crippen molar-refractivity contribution in [2.24, 2.45) is 13.0 Å². The second-order valence-electron chi connectivity index (χ2n) is 14.8. The molecule has 1 saturated carbocycles. The molecule has 0 bridgehead atoms. The molecule has 17 heteroatoms. The molecule has 13 nitrogen and oxygen atoms in total. The first-order valence-electron chi connectivity index (χ1n) is 18.4. The fourth-order valence-corrected chi connectivity index (χ4v) is 8.57. The van der Waals surface area contributed by atoms with Crippen LogP contribution in [0.2, 0.25) is 0 Å². The number of hydrogen-bond donors (Lipinski definition) is 2. The summed E-state index contributed by atoms with van der Waals surface area (Å²) in [7, 11) is 1.53. The van der Waals surface area contributed by atoms with Crippen molar-refractivity contribution in [1.82, 2.24) is 39.1 Å². The van der Waals surface area contributed by atoms with Crippen LogP contribution in [0.25, 0.3) is 21.9 Å². The number of benzene rings is 1. The summed E-state index contributed by atoms with van der Waals surface area (Å²) in [5.74, 6) is -5.35. The van der Waals surface area contributed by atoms with Crippen molar-refractivity contribution in [3.8, 4) is 0 Å². The molecule has 2 saturated heterocycles. The maximum atomic E-state index is 16.1. The van der Waals surface area contributed by atoms with Gasteiger partial charge in [0.25, 0.3) is 18.3 Å². The number of halogens is 4. The van der Waals surface area contributed by atoms with Crippen LogP contribution < -0.4 is 16.3 Å². The lowest BCUT2D eigenvalue weighted by molar-refractivity contribution is -0.135. The summed E-state index contributed by atoms with van der Waals surface area (Å²) in [4.78, 5) is 60.3. The van der Waals surface area contributed by atoms with E-state index in [-0.39, 0.29) is 42.7 Å². The molecule has 6 heterocycles. The Hall–Kier alpha value is -5.45. The van der Waals surface area contributed by atoms with Crippen LogP contribution in [-0.2, 0) is 16.6 Å². The van der Waals surface area contributed by atoms with Crippen LogP contribution in [0.3, 0.4) is 0 Å². The summed E-state index contributed by atoms with van der Waals surface area (Å²) < 4.78 is 62.8. The van der Waals surface area contributed by atoms with Crippen LogP contribution >= 0.6 is 0 Å². The second-order valence-corrected chi connectivity index (χ2v) is 14.8. The zero-order chi connectivity index (χ0) is 38.6. The molecule has 8 rings (SSSR count). The molecule has 3 amide bonds. The first-order chi connectivity index (χ1) is 26.4. The number of nitrogens with one attached hydrogen (secondary N) is 2. The van der Waals surface area contributed by atoms with Gasteiger partial charge in [0.15, 0.2) is 0 Å². The van der Waals surface area contributed by atoms with Crippen molar-refractivity contribution in [2.75, 3.05) is 25.0 Å². The lowest BCUT2D eigenvalue weighted by Crippen LogP contribution is -2.49. The minimum Gasteiger partial charge on any atom is -0.305 e. The number of aromatic nitrogens is 6. The lowest BCUT2D eigenvalue weighted by atomic mass is 9.83. The minimum absolute atomic E-state index is 0.0875. The van der Waals surface area contributed by atoms with Crippen molar-refractivity contribution in [1.29, 1.82) is 0 Å². The van der Waals surface area contributed by atoms with Crippen molar-refractivity contribution >= 4 is 45.5 Å². The van der Waals surface area contributed by atoms with Crippen LogP contribution in [0.15, 0.2) is 59.7 Å². The van der Waals surface area contributed by atoms with Gasteiger partial charge in [0.1, 0.15) is 28.8 Å². The molecular weight excluding hydrogens is 722 g/mol. The maximum absolute atomic E-state index is 16.1. The number of rotatable bonds is 8. The Morgan fingerprint density at radius 2 is 1.82 bits per heavy atom. The Balaban J connectivity index is 0.891. The molecule has 55 heavy (non-hydrogen) atoms. The molecule has 1 aromatic carbocycles. The van der Waals surface area contributed by atoms with E-state index < -0.39 is 60.0 Å². The average molecular weight is 762 g/mol. The zero-order valence-corrected chi connectivity index (χ0v) is 29.9. The predicted octanol–water partition coefficient (Wildman–Crippen LogP) is 5.50. The summed E-state index contributed by atoms with van der Waals surface area (Å²) in [6, 6.07) is 9.67. The Bertz CT molecular complexity index is 2360. The monoisotopic (exact) mass is 761 g/mol. The van der Waals surface area contributed by atoms with Gasteiger partial charge in [0.05, 0.1) is 35.7 Å². The molecule has 2 unspecified atom stereocenters. The number of anilines is 1. The number of aryl methyl sites for hydroxylation is 1. The van der Waals surface area contributed by atoms with Gasteiger partial charge in [-0.15, -0.1) is 0 Å². The van der Waals surface area contributed by atoms with Crippen LogP contribution in [0.1, 0.15) is 91.1 Å². The summed E-state index contributed by atoms with van der Waals surface area (Å²) in [6.07, 6.45) is 4.38. The number of carbonyl (C=O) groups excluding carboxylic acids is 3. The zero-order valence-electron chi connectivity index (χ0n) is 29.9. The van der Waals surface area contributed by atoms with Crippen LogP contribution in [-0.4, -0.2) is 77.1 Å². The van der Waals surface area contributed by atoms with Gasteiger partial charge in [0.2, 0.25) is 11.8 Å². The number of nitrogens with zero attached hydrogens (tertiary/aromatic N) is 7. The third kappa shape index (κ3) is 7.00. The smallest absolute Gasteiger partial charge is 0.305 e. The third-order valence-electron chi connectivity index (χ3n) is 11.3. The Labute approximate surface area is 311 Å². The van der Waals surface area contributed by atoms with E-state index in [2.05, 4.69) is 20.6 Å². The van der Waals surface area contributed by atoms with E-state index in [4.69, 9.17) is 5.10 Å². The quantitative estimate of drug-likeness (QED) is 0.156. The predicted molar refractivity (Wildman–Crippen MR) is 193 cm³/mol. The summed E-state index contributed by atoms with van der Waals surface area (Å²) in [5.41, 5.74) is 0.662. The Kier molecular flexibility index (Phi) is 9.51. The number of hydrogen-bond acceptors (Lipinski definition) is 8. The number of amides is 3. The molecule has 0 radical (unpaired) electrons. The van der Waals surface area contributed by atoms with Gasteiger partial charge in [-0.3, -0.25) is 38.4 Å². The maximum Gasteiger partial charge on any atom is 0.329 e. The molecule has 2 N–H and O–H groups in total. The molecular formula is C38H39F4N9O4. The number of alkyl halides is 4. The van der Waals surface area contributed by atoms with Crippen molar-refractivity contribution in [3.63, 3.8) is 0 Å². The minimum atomic E-state index is -3.07. The van der Waals surface area contributed by atoms with Crippen LogP contribution in [0.4, 0.5) is 23.4 Å². The van der Waals surface area contributed by atoms with Gasteiger partial charge in [-0.25, -0.2) is 32.3 Å². The van der Waals surface area contributed by atoms with E-state index in [0.29, 0.717) is 35.2 Å². The van der Waals surface area contributed by atoms with E-state index in [0.717, 1.165) is 37.1 Å². The summed E-state index contributed by atoms with van der Waals surface area (Å²) in [6.45, 7) is 0.620. The number of piperidine rings is 2. The number of imidazole rings is 1. The topological polar surface area (TPSA) is 149 Å². The van der Waals surface area contributed by atoms with Gasteiger partial charge < -0.3 is 5.32 Å². The highest BCUT2D eigenvalue weighted by molar-refractivity contribution is 6.03. The van der Waals surface area contributed by atoms with Crippen molar-refractivity contribution in [2.45, 2.75) is 75.3 Å². The van der Waals surface area contributed by atoms with Crippen molar-refractivity contribution in [3.05, 3.63) is 82.3 Å². The molecule has 288 valence electrons. The molecule has 0 spiro atoms. The molecule has 4 aromatic heterocycles. The van der Waals surface area contributed by atoms with Gasteiger partial charge in [0, 0.05) is 31.6 Å². The number of carbonyl (C=O) groups is 3. The van der Waals surface area contributed by atoms with Gasteiger partial charge in [-0.05, 0) is 80.8 Å². The SMILES string of the molecule is Cn1c(=O)n(C2CCC(=O)NC2=O)c2cccc(C3CCN(C[C@H]4CC[C@H](n5cc6cc(NC(=O)c7cccc(C(F)F)n7)ncc6n5)CC4)CC3(F)F)c21. The average Bonchev–Trinajstić information content (AvgIpc) is 3.69. The highest BCUT2D eigenvalue weighted by atomic mass is 19.3. The van der Waals surface area contributed by atoms with E-state index in [1.54, 1.807) is 24.3 Å². The largest absolute Gasteiger partial charge is 0.329 e. The second kappa shape index (κ2) is 14.3. The standard InChI is InChI=1S/C38H39F4N9O4/c1-48-33-24(4-2-7-29(33)51(37(48)55)30-12-13-32(52)46-36(30)54)25-14-15-49(20-38(25,41)42)18-21-8-10-23(11-9-21)50-19-22-16-31(43-17-28(22)47-50)45-35(53)27-6-3-5-26(44-27)34(39)40/h2-7,16-17,19,21,23,25,30,34H,8-15,18,20H2,1H3,(H,45,53)(H,46,52,54)/t21-,23-,25?,30?. The summed E-state index contributed by atoms with van der Waals surface area (Å²) >= 11 is 0. The number of para-hydroxylation sites is 1. The van der Waals surface area contributed by atoms with E-state index in [1.165, 1.54) is 34.5 Å². The molecule has 3 aliphatic rings. The van der Waals surface area contributed by atoms with E-state index in [9.17, 15) is 28.0 Å². The third-order valence-corrected chi connectivity index (χ3v) is 11.3. The Morgan fingerprint density at radius 1 is 1.04 bits per heavy atom. The number of likely N-dealkylation sites (tertiary alicyclic amines) is 1. The van der Waals surface area contributed by atoms with Gasteiger partial charge in [-0.1, -0.05) is 18.2 Å². The number of imide groups is 1. The van der Waals surface area contributed by atoms with Crippen LogP contribution in [0.5, 0.6) is 0 Å². The lowest BCUT2D eigenvalue weighted by Gasteiger charge is -2.41. The normalized spacial score (nSPS) is 23.4.